The lowest BCUT2D eigenvalue weighted by Crippen LogP contribution is -2.55. The Morgan fingerprint density at radius 1 is 1.00 bits per heavy atom. The van der Waals surface area contributed by atoms with Crippen molar-refractivity contribution in [2.75, 3.05) is 0 Å². The summed E-state index contributed by atoms with van der Waals surface area (Å²) in [5.41, 5.74) is 6.45. The second kappa shape index (κ2) is 5.32. The molecule has 2 aromatic carbocycles. The Kier molecular flexibility index (Phi) is 2.98. The predicted octanol–water partition coefficient (Wildman–Crippen LogP) is 1.97. The molecule has 0 fully saturated rings. The van der Waals surface area contributed by atoms with Crippen LogP contribution in [0.5, 0.6) is 0 Å². The molecule has 25 heavy (non-hydrogen) atoms. The number of amidine groups is 1. The molecule has 3 heterocycles. The fraction of sp³-hybridized carbons (Fsp3) is 0.0500. The molecule has 0 unspecified atom stereocenters. The van der Waals surface area contributed by atoms with Crippen LogP contribution in [0.4, 0.5) is 5.69 Å². The summed E-state index contributed by atoms with van der Waals surface area (Å²) < 4.78 is 0. The van der Waals surface area contributed by atoms with E-state index in [0.29, 0.717) is 5.56 Å². The lowest BCUT2D eigenvalue weighted by atomic mass is 9.49. The molecule has 1 aromatic heterocycles. The van der Waals surface area contributed by atoms with E-state index in [-0.39, 0.29) is 6.85 Å². The summed E-state index contributed by atoms with van der Waals surface area (Å²) in [7, 11) is 0. The molecular formula is C20H13BN4. The van der Waals surface area contributed by atoms with Crippen molar-refractivity contribution < 1.29 is 0 Å². The second-order valence-corrected chi connectivity index (χ2v) is 6.29. The van der Waals surface area contributed by atoms with Crippen LogP contribution in [0.1, 0.15) is 16.7 Å². The molecule has 2 aliphatic heterocycles. The van der Waals surface area contributed by atoms with E-state index in [9.17, 15) is 0 Å². The molecular weight excluding hydrogens is 307 g/mol. The van der Waals surface area contributed by atoms with Gasteiger partial charge in [-0.05, 0) is 34.7 Å². The minimum absolute atomic E-state index is 0.164. The van der Waals surface area contributed by atoms with E-state index in [2.05, 4.69) is 46.2 Å². The average Bonchev–Trinajstić information content (AvgIpc) is 3.07. The molecule has 0 radical (unpaired) electrons. The molecule has 5 heteroatoms. The van der Waals surface area contributed by atoms with Crippen LogP contribution in [-0.4, -0.2) is 22.5 Å². The van der Waals surface area contributed by atoms with Gasteiger partial charge in [0.2, 0.25) is 0 Å². The molecule has 0 atom stereocenters. The van der Waals surface area contributed by atoms with Crippen LogP contribution in [0.3, 0.4) is 0 Å². The number of nitriles is 1. The molecule has 0 spiro atoms. The Morgan fingerprint density at radius 2 is 1.84 bits per heavy atom. The lowest BCUT2D eigenvalue weighted by molar-refractivity contribution is 0.653. The highest BCUT2D eigenvalue weighted by molar-refractivity contribution is 6.87. The summed E-state index contributed by atoms with van der Waals surface area (Å²) >= 11 is 0. The van der Waals surface area contributed by atoms with Gasteiger partial charge in [0.15, 0.2) is 0 Å². The number of nitrogens with zero attached hydrogens (tertiary/aromatic N) is 4. The Labute approximate surface area is 146 Å². The van der Waals surface area contributed by atoms with Gasteiger partial charge in [-0.3, -0.25) is 4.98 Å². The average molecular weight is 320 g/mol. The Bertz CT molecular complexity index is 1050. The summed E-state index contributed by atoms with van der Waals surface area (Å²) in [6.45, 7) is 0.999. The maximum absolute atomic E-state index is 9.04. The quantitative estimate of drug-likeness (QED) is 0.644. The van der Waals surface area contributed by atoms with Crippen molar-refractivity contribution >= 4 is 29.3 Å². The third-order valence-corrected chi connectivity index (χ3v) is 4.90. The van der Waals surface area contributed by atoms with Gasteiger partial charge in [-0.25, -0.2) is 4.99 Å². The topological polar surface area (TPSA) is 52.3 Å². The molecule has 2 aliphatic rings. The highest BCUT2D eigenvalue weighted by Gasteiger charge is 2.41. The van der Waals surface area contributed by atoms with Gasteiger partial charge in [0.05, 0.1) is 23.5 Å². The molecule has 0 amide bonds. The molecule has 0 saturated heterocycles. The van der Waals surface area contributed by atoms with Gasteiger partial charge in [-0.15, -0.1) is 0 Å². The minimum atomic E-state index is 0.164. The highest BCUT2D eigenvalue weighted by Crippen LogP contribution is 2.26. The zero-order valence-electron chi connectivity index (χ0n) is 13.4. The fourth-order valence-electron chi connectivity index (χ4n) is 3.74. The van der Waals surface area contributed by atoms with Gasteiger partial charge in [0, 0.05) is 18.3 Å². The van der Waals surface area contributed by atoms with Gasteiger partial charge in [-0.1, -0.05) is 36.4 Å². The maximum atomic E-state index is 9.04. The molecule has 0 saturated carbocycles. The van der Waals surface area contributed by atoms with E-state index in [1.807, 2.05) is 36.7 Å². The standard InChI is InChI=1S/C20H13BN4/c22-11-14-5-7-15(8-6-14)20-24-19-12-23-10-9-18(19)21-17-4-2-1-3-16(17)13-25(20)21/h1-10,12H,13H2. The molecule has 0 N–H and O–H groups in total. The second-order valence-electron chi connectivity index (χ2n) is 6.29. The number of aromatic nitrogens is 1. The molecule has 3 aromatic rings. The number of pyridine rings is 1. The largest absolute Gasteiger partial charge is 0.387 e. The fourth-order valence-corrected chi connectivity index (χ4v) is 3.74. The van der Waals surface area contributed by atoms with Crippen molar-refractivity contribution in [3.8, 4) is 6.07 Å². The van der Waals surface area contributed by atoms with Gasteiger partial charge < -0.3 is 4.81 Å². The van der Waals surface area contributed by atoms with Crippen LogP contribution >= 0.6 is 0 Å². The first-order chi connectivity index (χ1) is 12.3. The van der Waals surface area contributed by atoms with Gasteiger partial charge in [0.25, 0.3) is 0 Å². The zero-order chi connectivity index (χ0) is 16.8. The van der Waals surface area contributed by atoms with Crippen LogP contribution in [0, 0.1) is 11.3 Å². The summed E-state index contributed by atoms with van der Waals surface area (Å²) in [5.74, 6) is 0.936. The van der Waals surface area contributed by atoms with Crippen molar-refractivity contribution in [2.45, 2.75) is 6.54 Å². The Hall–Kier alpha value is -3.39. The van der Waals surface area contributed by atoms with E-state index < -0.39 is 0 Å². The van der Waals surface area contributed by atoms with E-state index in [4.69, 9.17) is 10.3 Å². The number of aliphatic imine (C=N–C) groups is 1. The SMILES string of the molecule is N#Cc1ccc(C2=Nc3cnccc3B3c4ccccc4CN32)cc1. The summed E-state index contributed by atoms with van der Waals surface area (Å²) in [5, 5.41) is 9.04. The molecule has 0 bridgehead atoms. The molecule has 5 rings (SSSR count). The maximum Gasteiger partial charge on any atom is 0.327 e. The minimum Gasteiger partial charge on any atom is -0.387 e. The zero-order valence-corrected chi connectivity index (χ0v) is 13.4. The van der Waals surface area contributed by atoms with Crippen molar-refractivity contribution in [3.05, 3.63) is 83.7 Å². The van der Waals surface area contributed by atoms with E-state index in [1.165, 1.54) is 16.5 Å². The van der Waals surface area contributed by atoms with Gasteiger partial charge in [-0.2, -0.15) is 5.26 Å². The van der Waals surface area contributed by atoms with Crippen molar-refractivity contribution in [1.29, 1.82) is 5.26 Å². The third kappa shape index (κ3) is 2.08. The first-order valence-corrected chi connectivity index (χ1v) is 8.23. The molecule has 4 nitrogen and oxygen atoms in total. The number of hydrogen-bond donors (Lipinski definition) is 0. The van der Waals surface area contributed by atoms with Crippen LogP contribution in [0.15, 0.2) is 72.0 Å². The number of fused-ring (bicyclic) bond motifs is 5. The van der Waals surface area contributed by atoms with Crippen molar-refractivity contribution in [2.24, 2.45) is 4.99 Å². The Morgan fingerprint density at radius 3 is 2.68 bits per heavy atom. The normalized spacial score (nSPS) is 14.3. The summed E-state index contributed by atoms with van der Waals surface area (Å²) in [6.07, 6.45) is 3.66. The number of rotatable bonds is 1. The van der Waals surface area contributed by atoms with Crippen LogP contribution < -0.4 is 10.9 Å². The van der Waals surface area contributed by atoms with E-state index in [1.54, 1.807) is 0 Å². The smallest absolute Gasteiger partial charge is 0.327 e. The Balaban J connectivity index is 1.71. The van der Waals surface area contributed by atoms with E-state index >= 15 is 0 Å². The third-order valence-electron chi connectivity index (χ3n) is 4.90. The molecule has 116 valence electrons. The van der Waals surface area contributed by atoms with Crippen LogP contribution in [0.25, 0.3) is 0 Å². The summed E-state index contributed by atoms with van der Waals surface area (Å²) in [6, 6.07) is 20.4. The van der Waals surface area contributed by atoms with E-state index in [0.717, 1.165) is 23.6 Å². The number of benzene rings is 2. The number of hydrogen-bond acceptors (Lipinski definition) is 4. The summed E-state index contributed by atoms with van der Waals surface area (Å²) in [4.78, 5) is 11.5. The van der Waals surface area contributed by atoms with Gasteiger partial charge in [0.1, 0.15) is 5.84 Å². The van der Waals surface area contributed by atoms with Crippen molar-refractivity contribution in [3.63, 3.8) is 0 Å². The van der Waals surface area contributed by atoms with Crippen LogP contribution in [-0.2, 0) is 6.54 Å². The lowest BCUT2D eigenvalue weighted by Gasteiger charge is -2.31. The first kappa shape index (κ1) is 14.0. The van der Waals surface area contributed by atoms with Gasteiger partial charge >= 0.3 is 6.85 Å². The highest BCUT2D eigenvalue weighted by atomic mass is 15.2. The van der Waals surface area contributed by atoms with Crippen LogP contribution in [0.2, 0.25) is 0 Å². The first-order valence-electron chi connectivity index (χ1n) is 8.23. The predicted molar refractivity (Wildman–Crippen MR) is 98.6 cm³/mol. The van der Waals surface area contributed by atoms with Crippen molar-refractivity contribution in [1.82, 2.24) is 9.79 Å². The monoisotopic (exact) mass is 320 g/mol. The molecule has 0 aliphatic carbocycles.